The van der Waals surface area contributed by atoms with Gasteiger partial charge in [-0.05, 0) is 30.3 Å². The van der Waals surface area contributed by atoms with E-state index >= 15 is 0 Å². The lowest BCUT2D eigenvalue weighted by atomic mass is 10.3. The highest BCUT2D eigenvalue weighted by atomic mass is 19.2. The number of ether oxygens (including phenoxy) is 2. The van der Waals surface area contributed by atoms with Crippen LogP contribution < -0.4 is 15.0 Å². The molecule has 0 atom stereocenters. The summed E-state index contributed by atoms with van der Waals surface area (Å²) in [5, 5.41) is 4.30. The number of halogens is 1. The van der Waals surface area contributed by atoms with Crippen LogP contribution in [0.5, 0.6) is 17.5 Å². The summed E-state index contributed by atoms with van der Waals surface area (Å²) in [5.74, 6) is 1.53. The van der Waals surface area contributed by atoms with Crippen LogP contribution >= 0.6 is 0 Å². The SMILES string of the molecule is COc1ccc(-n2ccc(Oc3ccc(NF)cc3)n2)cn1. The average Bonchev–Trinajstić information content (AvgIpc) is 3.04. The Balaban J connectivity index is 1.74. The van der Waals surface area contributed by atoms with Crippen LogP contribution in [0.1, 0.15) is 0 Å². The lowest BCUT2D eigenvalue weighted by Gasteiger charge is -2.04. The second kappa shape index (κ2) is 6.13. The number of methoxy groups -OCH3 is 1. The summed E-state index contributed by atoms with van der Waals surface area (Å²) in [6, 6.07) is 11.8. The van der Waals surface area contributed by atoms with Crippen molar-refractivity contribution in [3.8, 4) is 23.2 Å². The van der Waals surface area contributed by atoms with Crippen molar-refractivity contribution in [2.45, 2.75) is 0 Å². The van der Waals surface area contributed by atoms with Gasteiger partial charge >= 0.3 is 0 Å². The van der Waals surface area contributed by atoms with Crippen molar-refractivity contribution >= 4 is 5.69 Å². The Hall–Kier alpha value is -3.09. The van der Waals surface area contributed by atoms with Crippen LogP contribution in [-0.4, -0.2) is 21.9 Å². The highest BCUT2D eigenvalue weighted by molar-refractivity contribution is 5.45. The maximum atomic E-state index is 12.2. The van der Waals surface area contributed by atoms with Crippen LogP contribution in [-0.2, 0) is 0 Å². The van der Waals surface area contributed by atoms with Gasteiger partial charge in [0, 0.05) is 18.3 Å². The Kier molecular flexibility index (Phi) is 3.86. The van der Waals surface area contributed by atoms with E-state index in [4.69, 9.17) is 9.47 Å². The normalized spacial score (nSPS) is 10.3. The van der Waals surface area contributed by atoms with Gasteiger partial charge in [0.2, 0.25) is 11.8 Å². The van der Waals surface area contributed by atoms with Crippen LogP contribution in [0.4, 0.5) is 10.2 Å². The van der Waals surface area contributed by atoms with Gasteiger partial charge in [0.25, 0.3) is 0 Å². The van der Waals surface area contributed by atoms with Gasteiger partial charge in [-0.2, -0.15) is 0 Å². The smallest absolute Gasteiger partial charge is 0.238 e. The van der Waals surface area contributed by atoms with Gasteiger partial charge in [-0.15, -0.1) is 9.58 Å². The molecule has 3 rings (SSSR count). The van der Waals surface area contributed by atoms with Crippen LogP contribution in [0.15, 0.2) is 54.9 Å². The number of nitrogens with zero attached hydrogens (tertiary/aromatic N) is 3. The fourth-order valence-electron chi connectivity index (χ4n) is 1.84. The quantitative estimate of drug-likeness (QED) is 0.732. The van der Waals surface area contributed by atoms with E-state index in [-0.39, 0.29) is 0 Å². The monoisotopic (exact) mass is 300 g/mol. The van der Waals surface area contributed by atoms with Gasteiger partial charge in [-0.3, -0.25) is 0 Å². The summed E-state index contributed by atoms with van der Waals surface area (Å²) >= 11 is 0. The second-order valence-corrected chi connectivity index (χ2v) is 4.38. The first-order valence-corrected chi connectivity index (χ1v) is 6.49. The van der Waals surface area contributed by atoms with Gasteiger partial charge in [0.15, 0.2) is 0 Å². The maximum absolute atomic E-state index is 12.2. The van der Waals surface area contributed by atoms with E-state index in [9.17, 15) is 4.48 Å². The number of aromatic nitrogens is 3. The molecular weight excluding hydrogens is 287 g/mol. The Labute approximate surface area is 126 Å². The van der Waals surface area contributed by atoms with Gasteiger partial charge < -0.3 is 9.47 Å². The zero-order valence-corrected chi connectivity index (χ0v) is 11.7. The summed E-state index contributed by atoms with van der Waals surface area (Å²) in [6.45, 7) is 0. The third-order valence-electron chi connectivity index (χ3n) is 2.94. The largest absolute Gasteiger partial charge is 0.481 e. The molecule has 6 nitrogen and oxygen atoms in total. The van der Waals surface area contributed by atoms with E-state index in [1.807, 2.05) is 6.07 Å². The minimum Gasteiger partial charge on any atom is -0.481 e. The number of rotatable bonds is 5. The molecule has 0 saturated carbocycles. The molecule has 0 fully saturated rings. The van der Waals surface area contributed by atoms with Gasteiger partial charge in [0.1, 0.15) is 5.75 Å². The highest BCUT2D eigenvalue weighted by Crippen LogP contribution is 2.22. The summed E-state index contributed by atoms with van der Waals surface area (Å²) in [5.41, 5.74) is 2.71. The lowest BCUT2D eigenvalue weighted by Crippen LogP contribution is -1.97. The molecule has 0 amide bonds. The Morgan fingerprint density at radius 3 is 2.50 bits per heavy atom. The molecular formula is C15H13FN4O2. The molecule has 0 bridgehead atoms. The molecule has 0 saturated heterocycles. The van der Waals surface area contributed by atoms with E-state index in [1.165, 1.54) is 0 Å². The molecule has 0 radical (unpaired) electrons. The lowest BCUT2D eigenvalue weighted by molar-refractivity contribution is 0.397. The minimum atomic E-state index is 0.363. The standard InChI is InChI=1S/C15H13FN4O2/c1-21-14-7-4-12(10-17-14)20-9-8-15(19-20)22-13-5-2-11(18-16)3-6-13/h2-10,18H,1H3. The maximum Gasteiger partial charge on any atom is 0.238 e. The van der Waals surface area contributed by atoms with Crippen molar-refractivity contribution < 1.29 is 14.0 Å². The molecule has 0 aliphatic carbocycles. The molecule has 0 aliphatic heterocycles. The first kappa shape index (κ1) is 13.9. The number of hydrogen-bond donors (Lipinski definition) is 1. The molecule has 2 heterocycles. The fourth-order valence-corrected chi connectivity index (χ4v) is 1.84. The number of nitrogens with one attached hydrogen (secondary N) is 1. The van der Waals surface area contributed by atoms with Crippen molar-refractivity contribution in [1.29, 1.82) is 0 Å². The molecule has 1 aromatic carbocycles. The van der Waals surface area contributed by atoms with Gasteiger partial charge in [-0.25, -0.2) is 15.2 Å². The Bertz CT molecular complexity index is 741. The average molecular weight is 300 g/mol. The molecule has 3 aromatic rings. The zero-order chi connectivity index (χ0) is 15.4. The van der Waals surface area contributed by atoms with Crippen molar-refractivity contribution in [3.05, 3.63) is 54.9 Å². The summed E-state index contributed by atoms with van der Waals surface area (Å²) in [4.78, 5) is 4.12. The molecule has 0 spiro atoms. The third kappa shape index (κ3) is 2.98. The summed E-state index contributed by atoms with van der Waals surface area (Å²) in [7, 11) is 1.56. The van der Waals surface area contributed by atoms with Crippen LogP contribution in [0, 0.1) is 0 Å². The summed E-state index contributed by atoms with van der Waals surface area (Å²) in [6.07, 6.45) is 3.41. The highest BCUT2D eigenvalue weighted by Gasteiger charge is 2.04. The van der Waals surface area contributed by atoms with E-state index in [1.54, 1.807) is 66.1 Å². The predicted octanol–water partition coefficient (Wildman–Crippen LogP) is 3.36. The van der Waals surface area contributed by atoms with Crippen molar-refractivity contribution in [2.75, 3.05) is 12.6 Å². The topological polar surface area (TPSA) is 61.2 Å². The molecule has 7 heteroatoms. The molecule has 22 heavy (non-hydrogen) atoms. The fraction of sp³-hybridized carbons (Fsp3) is 0.0667. The molecule has 0 unspecified atom stereocenters. The van der Waals surface area contributed by atoms with E-state index < -0.39 is 0 Å². The molecule has 1 N–H and O–H groups in total. The van der Waals surface area contributed by atoms with Crippen LogP contribution in [0.25, 0.3) is 5.69 Å². The molecule has 2 aromatic heterocycles. The first-order valence-electron chi connectivity index (χ1n) is 6.49. The Morgan fingerprint density at radius 1 is 1.05 bits per heavy atom. The minimum absolute atomic E-state index is 0.363. The predicted molar refractivity (Wildman–Crippen MR) is 79.2 cm³/mol. The zero-order valence-electron chi connectivity index (χ0n) is 11.7. The molecule has 0 aliphatic rings. The number of anilines is 1. The van der Waals surface area contributed by atoms with E-state index in [0.29, 0.717) is 23.2 Å². The van der Waals surface area contributed by atoms with Crippen molar-refractivity contribution in [2.24, 2.45) is 0 Å². The first-order chi connectivity index (χ1) is 10.8. The van der Waals surface area contributed by atoms with Crippen LogP contribution in [0.3, 0.4) is 0 Å². The Morgan fingerprint density at radius 2 is 1.86 bits per heavy atom. The van der Waals surface area contributed by atoms with Crippen molar-refractivity contribution in [1.82, 2.24) is 14.8 Å². The number of hydrogen-bond acceptors (Lipinski definition) is 5. The van der Waals surface area contributed by atoms with E-state index in [2.05, 4.69) is 10.1 Å². The van der Waals surface area contributed by atoms with E-state index in [0.717, 1.165) is 5.69 Å². The van der Waals surface area contributed by atoms with Crippen molar-refractivity contribution in [3.63, 3.8) is 0 Å². The van der Waals surface area contributed by atoms with Gasteiger partial charge in [0.05, 0.1) is 24.7 Å². The van der Waals surface area contributed by atoms with Gasteiger partial charge in [-0.1, -0.05) is 0 Å². The third-order valence-corrected chi connectivity index (χ3v) is 2.94. The number of pyridine rings is 1. The van der Waals surface area contributed by atoms with Crippen LogP contribution in [0.2, 0.25) is 0 Å². The number of benzene rings is 1. The second-order valence-electron chi connectivity index (χ2n) is 4.38. The molecule has 112 valence electrons. The summed E-state index contributed by atoms with van der Waals surface area (Å²) < 4.78 is 24.5.